The molecule has 5 nitrogen and oxygen atoms in total. The SMILES string of the molecule is O=C([C@@H]1CCc2c(Cl)cc(NCc3ccccc3)c(=O)n21)N1CCCC1. The highest BCUT2D eigenvalue weighted by Gasteiger charge is 2.35. The second-order valence-corrected chi connectivity index (χ2v) is 7.36. The Kier molecular flexibility index (Phi) is 4.72. The largest absolute Gasteiger partial charge is 0.376 e. The maximum atomic E-state index is 13.0. The van der Waals surface area contributed by atoms with E-state index >= 15 is 0 Å². The van der Waals surface area contributed by atoms with Crippen LogP contribution in [0.5, 0.6) is 0 Å². The van der Waals surface area contributed by atoms with E-state index in [1.54, 1.807) is 10.6 Å². The first-order valence-electron chi connectivity index (χ1n) is 9.15. The van der Waals surface area contributed by atoms with Crippen LogP contribution in [0.1, 0.15) is 36.6 Å². The maximum Gasteiger partial charge on any atom is 0.274 e. The average Bonchev–Trinajstić information content (AvgIpc) is 3.34. The highest BCUT2D eigenvalue weighted by atomic mass is 35.5. The number of rotatable bonds is 4. The zero-order valence-corrected chi connectivity index (χ0v) is 15.3. The maximum absolute atomic E-state index is 13.0. The third kappa shape index (κ3) is 3.12. The van der Waals surface area contributed by atoms with Gasteiger partial charge in [-0.05, 0) is 37.3 Å². The van der Waals surface area contributed by atoms with Gasteiger partial charge in [-0.1, -0.05) is 41.9 Å². The summed E-state index contributed by atoms with van der Waals surface area (Å²) in [5, 5.41) is 3.74. The summed E-state index contributed by atoms with van der Waals surface area (Å²) < 4.78 is 1.62. The summed E-state index contributed by atoms with van der Waals surface area (Å²) in [6, 6.07) is 11.2. The first-order valence-corrected chi connectivity index (χ1v) is 9.53. The van der Waals surface area contributed by atoms with Crippen molar-refractivity contribution in [2.75, 3.05) is 18.4 Å². The molecule has 0 spiro atoms. The molecule has 1 N–H and O–H groups in total. The normalized spacial score (nSPS) is 18.8. The Bertz CT molecular complexity index is 873. The molecule has 0 unspecified atom stereocenters. The van der Waals surface area contributed by atoms with Crippen molar-refractivity contribution < 1.29 is 4.79 Å². The van der Waals surface area contributed by atoms with Crippen LogP contribution in [0.15, 0.2) is 41.2 Å². The Hall–Kier alpha value is -2.27. The van der Waals surface area contributed by atoms with Crippen molar-refractivity contribution in [3.63, 3.8) is 0 Å². The molecule has 1 fully saturated rings. The zero-order chi connectivity index (χ0) is 18.1. The van der Waals surface area contributed by atoms with Crippen molar-refractivity contribution in [1.82, 2.24) is 9.47 Å². The van der Waals surface area contributed by atoms with E-state index in [9.17, 15) is 9.59 Å². The summed E-state index contributed by atoms with van der Waals surface area (Å²) in [7, 11) is 0. The van der Waals surface area contributed by atoms with Gasteiger partial charge >= 0.3 is 0 Å². The number of hydrogen-bond donors (Lipinski definition) is 1. The van der Waals surface area contributed by atoms with Gasteiger partial charge in [-0.25, -0.2) is 0 Å². The second kappa shape index (κ2) is 7.16. The number of nitrogens with one attached hydrogen (secondary N) is 1. The van der Waals surface area contributed by atoms with Crippen LogP contribution in [-0.2, 0) is 17.8 Å². The van der Waals surface area contributed by atoms with Gasteiger partial charge in [0.15, 0.2) is 0 Å². The molecule has 0 aliphatic carbocycles. The third-order valence-corrected chi connectivity index (χ3v) is 5.61. The van der Waals surface area contributed by atoms with Crippen molar-refractivity contribution in [3.05, 3.63) is 63.0 Å². The minimum Gasteiger partial charge on any atom is -0.376 e. The lowest BCUT2D eigenvalue weighted by Gasteiger charge is -2.22. The van der Waals surface area contributed by atoms with Gasteiger partial charge in [-0.15, -0.1) is 0 Å². The fraction of sp³-hybridized carbons (Fsp3) is 0.400. The first kappa shape index (κ1) is 17.2. The molecule has 6 heteroatoms. The minimum atomic E-state index is -0.424. The molecule has 1 aromatic carbocycles. The predicted molar refractivity (Wildman–Crippen MR) is 103 cm³/mol. The molecular formula is C20H22ClN3O2. The molecule has 1 saturated heterocycles. The van der Waals surface area contributed by atoms with E-state index in [0.717, 1.165) is 37.2 Å². The van der Waals surface area contributed by atoms with Crippen LogP contribution in [0.3, 0.4) is 0 Å². The quantitative estimate of drug-likeness (QED) is 0.897. The Morgan fingerprint density at radius 2 is 1.92 bits per heavy atom. The van der Waals surface area contributed by atoms with E-state index in [4.69, 9.17) is 11.6 Å². The summed E-state index contributed by atoms with van der Waals surface area (Å²) in [5.74, 6) is 0.0552. The van der Waals surface area contributed by atoms with E-state index in [0.29, 0.717) is 30.1 Å². The first-order chi connectivity index (χ1) is 12.6. The fourth-order valence-corrected chi connectivity index (χ4v) is 4.21. The van der Waals surface area contributed by atoms with Gasteiger partial charge in [0.25, 0.3) is 5.56 Å². The summed E-state index contributed by atoms with van der Waals surface area (Å²) >= 11 is 6.43. The summed E-state index contributed by atoms with van der Waals surface area (Å²) in [6.45, 7) is 2.12. The highest BCUT2D eigenvalue weighted by molar-refractivity contribution is 6.31. The van der Waals surface area contributed by atoms with Crippen molar-refractivity contribution >= 4 is 23.2 Å². The molecule has 1 atom stereocenters. The van der Waals surface area contributed by atoms with E-state index in [1.165, 1.54) is 0 Å². The van der Waals surface area contributed by atoms with Crippen LogP contribution in [0, 0.1) is 0 Å². The van der Waals surface area contributed by atoms with Gasteiger partial charge in [0.05, 0.1) is 5.02 Å². The Labute approximate surface area is 157 Å². The number of anilines is 1. The van der Waals surface area contributed by atoms with Crippen LogP contribution in [0.25, 0.3) is 0 Å². The lowest BCUT2D eigenvalue weighted by molar-refractivity contribution is -0.133. The molecule has 3 heterocycles. The Morgan fingerprint density at radius 1 is 1.19 bits per heavy atom. The summed E-state index contributed by atoms with van der Waals surface area (Å²) in [4.78, 5) is 27.8. The van der Waals surface area contributed by atoms with Crippen molar-refractivity contribution in [3.8, 4) is 0 Å². The van der Waals surface area contributed by atoms with Crippen molar-refractivity contribution in [2.24, 2.45) is 0 Å². The Balaban J connectivity index is 1.62. The van der Waals surface area contributed by atoms with Gasteiger partial charge in [0, 0.05) is 25.3 Å². The molecule has 1 amide bonds. The number of amides is 1. The monoisotopic (exact) mass is 371 g/mol. The van der Waals surface area contributed by atoms with Crippen molar-refractivity contribution in [2.45, 2.75) is 38.3 Å². The molecule has 136 valence electrons. The lowest BCUT2D eigenvalue weighted by atomic mass is 10.2. The number of fused-ring (bicyclic) bond motifs is 1. The number of carbonyl (C=O) groups is 1. The standard InChI is InChI=1S/C20H22ClN3O2/c21-15-12-16(22-13-14-6-2-1-3-7-14)19(25)24-17(15)8-9-18(24)20(26)23-10-4-5-11-23/h1-3,6-7,12,18,22H,4-5,8-11,13H2/t18-/m0/s1. The van der Waals surface area contributed by atoms with Gasteiger partial charge in [-0.3, -0.25) is 14.2 Å². The average molecular weight is 372 g/mol. The summed E-state index contributed by atoms with van der Waals surface area (Å²) in [6.07, 6.45) is 3.39. The van der Waals surface area contributed by atoms with Crippen LogP contribution in [-0.4, -0.2) is 28.5 Å². The van der Waals surface area contributed by atoms with Gasteiger partial charge in [0.1, 0.15) is 11.7 Å². The van der Waals surface area contributed by atoms with E-state index in [-0.39, 0.29) is 11.5 Å². The summed E-state index contributed by atoms with van der Waals surface area (Å²) in [5.41, 5.74) is 2.15. The van der Waals surface area contributed by atoms with E-state index in [2.05, 4.69) is 5.32 Å². The van der Waals surface area contributed by atoms with Crippen LogP contribution in [0.4, 0.5) is 5.69 Å². The molecular weight excluding hydrogens is 350 g/mol. The van der Waals surface area contributed by atoms with Gasteiger partial charge < -0.3 is 10.2 Å². The molecule has 1 aromatic heterocycles. The van der Waals surface area contributed by atoms with Crippen LogP contribution < -0.4 is 10.9 Å². The molecule has 4 rings (SSSR count). The zero-order valence-electron chi connectivity index (χ0n) is 14.6. The smallest absolute Gasteiger partial charge is 0.274 e. The van der Waals surface area contributed by atoms with Gasteiger partial charge in [-0.2, -0.15) is 0 Å². The molecule has 0 radical (unpaired) electrons. The highest BCUT2D eigenvalue weighted by Crippen LogP contribution is 2.32. The second-order valence-electron chi connectivity index (χ2n) is 6.95. The number of hydrogen-bond acceptors (Lipinski definition) is 3. The van der Waals surface area contributed by atoms with Crippen molar-refractivity contribution in [1.29, 1.82) is 0 Å². The molecule has 0 saturated carbocycles. The molecule has 2 aliphatic rings. The van der Waals surface area contributed by atoms with E-state index < -0.39 is 6.04 Å². The van der Waals surface area contributed by atoms with Crippen LogP contribution in [0.2, 0.25) is 5.02 Å². The Morgan fingerprint density at radius 3 is 2.65 bits per heavy atom. The number of benzene rings is 1. The molecule has 2 aliphatic heterocycles. The molecule has 2 aromatic rings. The van der Waals surface area contributed by atoms with E-state index in [1.807, 2.05) is 35.2 Å². The molecule has 0 bridgehead atoms. The lowest BCUT2D eigenvalue weighted by Crippen LogP contribution is -2.38. The number of likely N-dealkylation sites (tertiary alicyclic amines) is 1. The number of halogens is 1. The number of aromatic nitrogens is 1. The number of nitrogens with zero attached hydrogens (tertiary/aromatic N) is 2. The minimum absolute atomic E-state index is 0.0552. The fourth-order valence-electron chi connectivity index (χ4n) is 3.91. The molecule has 26 heavy (non-hydrogen) atoms. The number of pyridine rings is 1. The third-order valence-electron chi connectivity index (χ3n) is 5.28. The topological polar surface area (TPSA) is 54.3 Å². The predicted octanol–water partition coefficient (Wildman–Crippen LogP) is 3.22. The van der Waals surface area contributed by atoms with Crippen LogP contribution >= 0.6 is 11.6 Å². The number of carbonyl (C=O) groups excluding carboxylic acids is 1. The van der Waals surface area contributed by atoms with Gasteiger partial charge in [0.2, 0.25) is 5.91 Å².